The minimum absolute atomic E-state index is 0.0405. The molecule has 1 aromatic heterocycles. The molecule has 2 aromatic carbocycles. The lowest BCUT2D eigenvalue weighted by molar-refractivity contribution is 0.102. The second kappa shape index (κ2) is 8.83. The molecule has 11 heteroatoms. The van der Waals surface area contributed by atoms with Crippen LogP contribution in [-0.2, 0) is 16.4 Å². The number of amides is 1. The van der Waals surface area contributed by atoms with Crippen molar-refractivity contribution in [2.75, 3.05) is 31.6 Å². The third-order valence-corrected chi connectivity index (χ3v) is 7.38. The van der Waals surface area contributed by atoms with Crippen LogP contribution in [-0.4, -0.2) is 55.1 Å². The second-order valence-corrected chi connectivity index (χ2v) is 9.68. The van der Waals surface area contributed by atoms with E-state index in [9.17, 15) is 13.2 Å². The topological polar surface area (TPSA) is 124 Å². The lowest BCUT2D eigenvalue weighted by Crippen LogP contribution is -2.27. The Morgan fingerprint density at radius 2 is 1.70 bits per heavy atom. The van der Waals surface area contributed by atoms with E-state index in [0.29, 0.717) is 50.1 Å². The van der Waals surface area contributed by atoms with Crippen molar-refractivity contribution in [1.82, 2.24) is 14.5 Å². The van der Waals surface area contributed by atoms with Crippen LogP contribution in [0.2, 0.25) is 0 Å². The number of sulfonamides is 1. The van der Waals surface area contributed by atoms with Crippen molar-refractivity contribution < 1.29 is 27.1 Å². The maximum Gasteiger partial charge on any atom is 0.322 e. The second-order valence-electron chi connectivity index (χ2n) is 7.75. The number of fused-ring (bicyclic) bond motifs is 1. The van der Waals surface area contributed by atoms with E-state index < -0.39 is 15.9 Å². The van der Waals surface area contributed by atoms with E-state index in [0.717, 1.165) is 18.4 Å². The number of benzene rings is 2. The van der Waals surface area contributed by atoms with Gasteiger partial charge in [-0.1, -0.05) is 11.2 Å². The van der Waals surface area contributed by atoms with Crippen molar-refractivity contribution in [2.45, 2.75) is 24.2 Å². The summed E-state index contributed by atoms with van der Waals surface area (Å²) in [5.74, 6) is 1.22. The van der Waals surface area contributed by atoms with Crippen LogP contribution in [0.5, 0.6) is 11.5 Å². The molecular weight excluding hydrogens is 448 g/mol. The van der Waals surface area contributed by atoms with Crippen LogP contribution in [0.15, 0.2) is 51.8 Å². The molecule has 5 rings (SSSR count). The summed E-state index contributed by atoms with van der Waals surface area (Å²) in [5.41, 5.74) is 1.18. The van der Waals surface area contributed by atoms with Crippen molar-refractivity contribution in [3.05, 3.63) is 59.5 Å². The van der Waals surface area contributed by atoms with Gasteiger partial charge in [-0.2, -0.15) is 4.31 Å². The minimum atomic E-state index is -3.53. The fraction of sp³-hybridized carbons (Fsp3) is 0.318. The van der Waals surface area contributed by atoms with Crippen LogP contribution in [0.3, 0.4) is 0 Å². The van der Waals surface area contributed by atoms with E-state index in [1.807, 2.05) is 18.2 Å². The highest BCUT2D eigenvalue weighted by Crippen LogP contribution is 2.31. The van der Waals surface area contributed by atoms with Gasteiger partial charge in [0.2, 0.25) is 15.9 Å². The first kappa shape index (κ1) is 21.4. The Labute approximate surface area is 190 Å². The van der Waals surface area contributed by atoms with Crippen LogP contribution in [0, 0.1) is 0 Å². The molecule has 0 atom stereocenters. The number of anilines is 1. The Morgan fingerprint density at radius 3 is 2.45 bits per heavy atom. The van der Waals surface area contributed by atoms with Gasteiger partial charge in [-0.3, -0.25) is 10.1 Å². The molecule has 1 saturated heterocycles. The van der Waals surface area contributed by atoms with Crippen LogP contribution >= 0.6 is 0 Å². The number of nitrogens with one attached hydrogen (secondary N) is 1. The maximum atomic E-state index is 12.6. The summed E-state index contributed by atoms with van der Waals surface area (Å²) in [5, 5.41) is 10.4. The van der Waals surface area contributed by atoms with Crippen LogP contribution in [0.1, 0.15) is 34.7 Å². The Bertz CT molecular complexity index is 1270. The quantitative estimate of drug-likeness (QED) is 0.583. The Kier molecular flexibility index (Phi) is 5.73. The zero-order chi connectivity index (χ0) is 22.8. The predicted octanol–water partition coefficient (Wildman–Crippen LogP) is 2.47. The third-order valence-electron chi connectivity index (χ3n) is 5.47. The van der Waals surface area contributed by atoms with Crippen LogP contribution in [0.25, 0.3) is 0 Å². The van der Waals surface area contributed by atoms with Gasteiger partial charge >= 0.3 is 6.01 Å². The molecule has 1 fully saturated rings. The fourth-order valence-corrected chi connectivity index (χ4v) is 5.29. The zero-order valence-electron chi connectivity index (χ0n) is 17.7. The molecule has 2 aliphatic heterocycles. The molecular formula is C22H22N4O6S. The smallest absolute Gasteiger partial charge is 0.322 e. The van der Waals surface area contributed by atoms with Gasteiger partial charge in [0, 0.05) is 18.7 Å². The molecule has 33 heavy (non-hydrogen) atoms. The summed E-state index contributed by atoms with van der Waals surface area (Å²) in [6.07, 6.45) is 2.09. The average molecular weight is 471 g/mol. The van der Waals surface area contributed by atoms with Gasteiger partial charge in [0.1, 0.15) is 13.2 Å². The van der Waals surface area contributed by atoms with E-state index in [1.165, 1.54) is 28.6 Å². The van der Waals surface area contributed by atoms with Crippen molar-refractivity contribution in [2.24, 2.45) is 0 Å². The molecule has 172 valence electrons. The van der Waals surface area contributed by atoms with Crippen molar-refractivity contribution >= 4 is 21.9 Å². The van der Waals surface area contributed by atoms with Crippen molar-refractivity contribution in [1.29, 1.82) is 0 Å². The molecule has 3 aromatic rings. The van der Waals surface area contributed by atoms with E-state index in [-0.39, 0.29) is 16.5 Å². The molecule has 3 heterocycles. The summed E-state index contributed by atoms with van der Waals surface area (Å²) in [6.45, 7) is 2.07. The van der Waals surface area contributed by atoms with E-state index in [4.69, 9.17) is 13.9 Å². The number of carbonyl (C=O) groups excluding carboxylic acids is 1. The maximum absolute atomic E-state index is 12.6. The van der Waals surface area contributed by atoms with E-state index >= 15 is 0 Å². The van der Waals surface area contributed by atoms with E-state index in [2.05, 4.69) is 15.5 Å². The highest BCUT2D eigenvalue weighted by molar-refractivity contribution is 7.89. The summed E-state index contributed by atoms with van der Waals surface area (Å²) in [6, 6.07) is 11.3. The van der Waals surface area contributed by atoms with Crippen molar-refractivity contribution in [3.63, 3.8) is 0 Å². The van der Waals surface area contributed by atoms with Gasteiger partial charge in [-0.05, 0) is 54.8 Å². The Morgan fingerprint density at radius 1 is 0.970 bits per heavy atom. The first-order chi connectivity index (χ1) is 16.0. The number of hydrogen-bond donors (Lipinski definition) is 1. The average Bonchev–Trinajstić information content (AvgIpc) is 3.52. The van der Waals surface area contributed by atoms with Crippen molar-refractivity contribution in [3.8, 4) is 11.5 Å². The fourth-order valence-electron chi connectivity index (χ4n) is 3.77. The minimum Gasteiger partial charge on any atom is -0.486 e. The first-order valence-corrected chi connectivity index (χ1v) is 12.1. The molecule has 0 unspecified atom stereocenters. The molecule has 0 aliphatic carbocycles. The highest BCUT2D eigenvalue weighted by atomic mass is 32.2. The van der Waals surface area contributed by atoms with Crippen LogP contribution in [0.4, 0.5) is 6.01 Å². The first-order valence-electron chi connectivity index (χ1n) is 10.6. The van der Waals surface area contributed by atoms with Gasteiger partial charge in [0.05, 0.1) is 11.3 Å². The Hall–Kier alpha value is -3.44. The summed E-state index contributed by atoms with van der Waals surface area (Å²) < 4.78 is 43.3. The van der Waals surface area contributed by atoms with Gasteiger partial charge in [-0.25, -0.2) is 8.42 Å². The van der Waals surface area contributed by atoms with E-state index in [1.54, 1.807) is 0 Å². The van der Waals surface area contributed by atoms with Gasteiger partial charge < -0.3 is 13.9 Å². The third kappa shape index (κ3) is 4.55. The number of ether oxygens (including phenoxy) is 2. The highest BCUT2D eigenvalue weighted by Gasteiger charge is 2.27. The molecule has 0 bridgehead atoms. The standard InChI is InChI=1S/C22H22N4O6S/c27-21(16-4-6-17(7-5-16)33(28,29)26-9-1-2-10-26)23-22-25-24-20(32-22)14-15-3-8-18-19(13-15)31-12-11-30-18/h3-8,13H,1-2,9-12,14H2,(H,23,25,27). The Balaban J connectivity index is 1.23. The van der Waals surface area contributed by atoms with Gasteiger partial charge in [-0.15, -0.1) is 5.10 Å². The number of aromatic nitrogens is 2. The lowest BCUT2D eigenvalue weighted by Gasteiger charge is -2.18. The SMILES string of the molecule is O=C(Nc1nnc(Cc2ccc3c(c2)OCCO3)o1)c1ccc(S(=O)(=O)N2CCCC2)cc1. The largest absolute Gasteiger partial charge is 0.486 e. The predicted molar refractivity (Wildman–Crippen MR) is 117 cm³/mol. The number of hydrogen-bond acceptors (Lipinski definition) is 8. The number of nitrogens with zero attached hydrogens (tertiary/aromatic N) is 3. The summed E-state index contributed by atoms with van der Waals surface area (Å²) in [7, 11) is -3.53. The molecule has 0 radical (unpaired) electrons. The lowest BCUT2D eigenvalue weighted by atomic mass is 10.1. The number of carbonyl (C=O) groups is 1. The monoisotopic (exact) mass is 470 g/mol. The van der Waals surface area contributed by atoms with Gasteiger partial charge in [0.25, 0.3) is 5.91 Å². The normalized spacial score (nSPS) is 16.0. The summed E-state index contributed by atoms with van der Waals surface area (Å²) >= 11 is 0. The molecule has 1 amide bonds. The molecule has 0 spiro atoms. The van der Waals surface area contributed by atoms with Gasteiger partial charge in [0.15, 0.2) is 11.5 Å². The summed E-state index contributed by atoms with van der Waals surface area (Å²) in [4.78, 5) is 12.7. The molecule has 10 nitrogen and oxygen atoms in total. The molecule has 2 aliphatic rings. The number of rotatable bonds is 6. The van der Waals surface area contributed by atoms with Crippen LogP contribution < -0.4 is 14.8 Å². The molecule has 1 N–H and O–H groups in total. The zero-order valence-corrected chi connectivity index (χ0v) is 18.5. The molecule has 0 saturated carbocycles.